The number of anilines is 1. The molecule has 2 aliphatic carbocycles. The Morgan fingerprint density at radius 3 is 2.76 bits per heavy atom. The average Bonchev–Trinajstić information content (AvgIpc) is 3.37. The number of esters is 1. The van der Waals surface area contributed by atoms with Crippen LogP contribution in [0.4, 0.5) is 5.82 Å². The summed E-state index contributed by atoms with van der Waals surface area (Å²) in [4.78, 5) is 39.7. The van der Waals surface area contributed by atoms with Gasteiger partial charge in [-0.15, -0.1) is 0 Å². The highest BCUT2D eigenvalue weighted by Crippen LogP contribution is 2.56. The third-order valence-corrected chi connectivity index (χ3v) is 7.83. The highest BCUT2D eigenvalue weighted by Gasteiger charge is 2.55. The Labute approximate surface area is 191 Å². The summed E-state index contributed by atoms with van der Waals surface area (Å²) in [5.41, 5.74) is 0.280. The molecule has 1 saturated heterocycles. The van der Waals surface area contributed by atoms with Crippen molar-refractivity contribution in [2.45, 2.75) is 44.6 Å². The van der Waals surface area contributed by atoms with E-state index in [4.69, 9.17) is 4.74 Å². The summed E-state index contributed by atoms with van der Waals surface area (Å²) < 4.78 is 5.36. The summed E-state index contributed by atoms with van der Waals surface area (Å²) in [5.74, 6) is -0.214. The van der Waals surface area contributed by atoms with Gasteiger partial charge in [0.05, 0.1) is 25.2 Å². The summed E-state index contributed by atoms with van der Waals surface area (Å²) in [5, 5.41) is 23.0. The van der Waals surface area contributed by atoms with E-state index < -0.39 is 18.6 Å². The van der Waals surface area contributed by atoms with Crippen molar-refractivity contribution in [3.63, 3.8) is 0 Å². The number of hydrogen-bond donors (Lipinski definition) is 4. The smallest absolute Gasteiger partial charge is 0.331 e. The van der Waals surface area contributed by atoms with Crippen molar-refractivity contribution >= 4 is 28.7 Å². The van der Waals surface area contributed by atoms with Gasteiger partial charge in [-0.25, -0.2) is 14.8 Å². The van der Waals surface area contributed by atoms with Crippen molar-refractivity contribution < 1.29 is 24.5 Å². The lowest BCUT2D eigenvalue weighted by Crippen LogP contribution is -2.53. The van der Waals surface area contributed by atoms with Gasteiger partial charge in [-0.2, -0.15) is 0 Å². The van der Waals surface area contributed by atoms with E-state index in [1.54, 1.807) is 6.33 Å². The molecular formula is C23H31N5O5. The van der Waals surface area contributed by atoms with Crippen molar-refractivity contribution in [1.82, 2.24) is 20.3 Å². The maximum atomic E-state index is 13.1. The maximum Gasteiger partial charge on any atom is 0.331 e. The van der Waals surface area contributed by atoms with Gasteiger partial charge in [0.25, 0.3) is 0 Å². The molecule has 0 bridgehead atoms. The molecule has 0 aromatic carbocycles. The molecule has 3 aliphatic rings. The van der Waals surface area contributed by atoms with E-state index in [1.807, 2.05) is 12.3 Å². The number of carbonyl (C=O) groups excluding carboxylic acids is 2. The van der Waals surface area contributed by atoms with Crippen LogP contribution in [0.25, 0.3) is 11.0 Å². The Morgan fingerprint density at radius 2 is 2.09 bits per heavy atom. The van der Waals surface area contributed by atoms with E-state index >= 15 is 0 Å². The normalized spacial score (nSPS) is 23.7. The minimum absolute atomic E-state index is 0.0288. The molecule has 2 saturated carbocycles. The maximum absolute atomic E-state index is 13.1. The first-order chi connectivity index (χ1) is 16.0. The number of nitrogens with one attached hydrogen (secondary N) is 2. The van der Waals surface area contributed by atoms with Crippen molar-refractivity contribution in [2.24, 2.45) is 16.7 Å². The molecule has 0 unspecified atom stereocenters. The van der Waals surface area contributed by atoms with Crippen LogP contribution < -0.4 is 10.2 Å². The molecule has 2 aromatic heterocycles. The van der Waals surface area contributed by atoms with Crippen LogP contribution in [-0.4, -0.2) is 76.0 Å². The lowest BCUT2D eigenvalue weighted by molar-refractivity contribution is -0.156. The number of aromatic nitrogens is 3. The minimum Gasteiger partial charge on any atom is -0.463 e. The fraction of sp³-hybridized carbons (Fsp3) is 0.652. The van der Waals surface area contributed by atoms with Crippen molar-refractivity contribution in [3.8, 4) is 0 Å². The summed E-state index contributed by atoms with van der Waals surface area (Å²) in [6.45, 7) is 0.956. The summed E-state index contributed by atoms with van der Waals surface area (Å²) >= 11 is 0. The van der Waals surface area contributed by atoms with E-state index in [0.717, 1.165) is 55.5 Å². The molecule has 5 rings (SSSR count). The number of ether oxygens (including phenoxy) is 1. The number of amides is 1. The van der Waals surface area contributed by atoms with Crippen LogP contribution in [0.1, 0.15) is 38.5 Å². The minimum atomic E-state index is -1.09. The van der Waals surface area contributed by atoms with Gasteiger partial charge in [-0.3, -0.25) is 4.79 Å². The molecule has 4 N–H and O–H groups in total. The number of aliphatic hydroxyl groups is 2. The predicted octanol–water partition coefficient (Wildman–Crippen LogP) is 0.747. The molecule has 178 valence electrons. The van der Waals surface area contributed by atoms with Crippen molar-refractivity contribution in [3.05, 3.63) is 18.6 Å². The summed E-state index contributed by atoms with van der Waals surface area (Å²) in [6, 6.07) is 0.869. The second-order valence-corrected chi connectivity index (χ2v) is 9.93. The SMILES string of the molecule is O=C(N[C@H](CO)C(=O)OCC1(CO)CCC1)[C@H]1CCN(c2ncnc3[nH]ccc23)CC12CC2. The van der Waals surface area contributed by atoms with Gasteiger partial charge in [-0.1, -0.05) is 6.42 Å². The highest BCUT2D eigenvalue weighted by atomic mass is 16.5. The fourth-order valence-corrected chi connectivity index (χ4v) is 5.33. The zero-order chi connectivity index (χ0) is 23.1. The molecule has 1 spiro atoms. The Bertz CT molecular complexity index is 1030. The molecule has 1 aliphatic heterocycles. The molecular weight excluding hydrogens is 426 g/mol. The number of H-pyrrole nitrogens is 1. The molecule has 1 amide bonds. The van der Waals surface area contributed by atoms with E-state index in [0.29, 0.717) is 13.0 Å². The third-order valence-electron chi connectivity index (χ3n) is 7.83. The van der Waals surface area contributed by atoms with Gasteiger partial charge < -0.3 is 30.2 Å². The van der Waals surface area contributed by atoms with Crippen molar-refractivity contribution in [1.29, 1.82) is 0 Å². The van der Waals surface area contributed by atoms with Gasteiger partial charge in [0.15, 0.2) is 6.04 Å². The number of fused-ring (bicyclic) bond motifs is 1. The first-order valence-electron chi connectivity index (χ1n) is 11.7. The second-order valence-electron chi connectivity index (χ2n) is 9.93. The number of nitrogens with zero attached hydrogens (tertiary/aromatic N) is 3. The van der Waals surface area contributed by atoms with Gasteiger partial charge in [0.2, 0.25) is 5.91 Å². The van der Waals surface area contributed by atoms with Crippen LogP contribution in [0.3, 0.4) is 0 Å². The first-order valence-corrected chi connectivity index (χ1v) is 11.7. The van der Waals surface area contributed by atoms with Crippen LogP contribution in [0.2, 0.25) is 0 Å². The van der Waals surface area contributed by atoms with Crippen LogP contribution >= 0.6 is 0 Å². The Morgan fingerprint density at radius 1 is 1.27 bits per heavy atom. The van der Waals surface area contributed by atoms with Gasteiger partial charge >= 0.3 is 5.97 Å². The standard InChI is InChI=1S/C23H31N5O5/c29-10-17(21(32)33-13-22(12-30)4-1-5-22)27-20(31)16-3-9-28(11-23(16)6-7-23)19-15-2-8-24-18(15)25-14-26-19/h2,8,14,16-17,29-30H,1,3-7,9-13H2,(H,27,31)(H,24,25,26)/t16-,17-/m1/s1. The zero-order valence-electron chi connectivity index (χ0n) is 18.6. The van der Waals surface area contributed by atoms with Crippen LogP contribution in [-0.2, 0) is 14.3 Å². The molecule has 0 radical (unpaired) electrons. The number of aromatic amines is 1. The van der Waals surface area contributed by atoms with Crippen LogP contribution in [0.5, 0.6) is 0 Å². The number of carbonyl (C=O) groups is 2. The lowest BCUT2D eigenvalue weighted by atomic mass is 9.70. The quantitative estimate of drug-likeness (QED) is 0.426. The van der Waals surface area contributed by atoms with Gasteiger partial charge in [0, 0.05) is 30.6 Å². The fourth-order valence-electron chi connectivity index (χ4n) is 5.33. The van der Waals surface area contributed by atoms with Gasteiger partial charge in [0.1, 0.15) is 17.8 Å². The second kappa shape index (κ2) is 8.57. The molecule has 33 heavy (non-hydrogen) atoms. The van der Waals surface area contributed by atoms with Crippen molar-refractivity contribution in [2.75, 3.05) is 37.8 Å². The first kappa shape index (κ1) is 22.1. The van der Waals surface area contributed by atoms with E-state index in [-0.39, 0.29) is 35.9 Å². The predicted molar refractivity (Wildman–Crippen MR) is 119 cm³/mol. The topological polar surface area (TPSA) is 141 Å². The number of rotatable bonds is 8. The highest BCUT2D eigenvalue weighted by molar-refractivity contribution is 5.89. The number of piperidine rings is 1. The third kappa shape index (κ3) is 4.06. The Balaban J connectivity index is 1.21. The average molecular weight is 458 g/mol. The van der Waals surface area contributed by atoms with Crippen LogP contribution in [0, 0.1) is 16.7 Å². The molecule has 10 nitrogen and oxygen atoms in total. The summed E-state index contributed by atoms with van der Waals surface area (Å²) in [6.07, 6.45) is 8.55. The molecule has 10 heteroatoms. The zero-order valence-corrected chi connectivity index (χ0v) is 18.6. The summed E-state index contributed by atoms with van der Waals surface area (Å²) in [7, 11) is 0. The Kier molecular flexibility index (Phi) is 5.74. The molecule has 2 aromatic rings. The number of aliphatic hydroxyl groups excluding tert-OH is 2. The monoisotopic (exact) mass is 457 g/mol. The van der Waals surface area contributed by atoms with E-state index in [1.165, 1.54) is 0 Å². The number of hydrogen-bond acceptors (Lipinski definition) is 8. The molecule has 2 atom stereocenters. The molecule has 3 fully saturated rings. The molecule has 3 heterocycles. The Hall–Kier alpha value is -2.72. The van der Waals surface area contributed by atoms with Gasteiger partial charge in [-0.05, 0) is 43.6 Å². The largest absolute Gasteiger partial charge is 0.463 e. The lowest BCUT2D eigenvalue weighted by Gasteiger charge is -2.40. The van der Waals surface area contributed by atoms with E-state index in [2.05, 4.69) is 25.2 Å². The van der Waals surface area contributed by atoms with E-state index in [9.17, 15) is 19.8 Å². The van der Waals surface area contributed by atoms with Crippen LogP contribution in [0.15, 0.2) is 18.6 Å².